The summed E-state index contributed by atoms with van der Waals surface area (Å²) in [5, 5.41) is 5.94. The number of sulfone groups is 1. The minimum Gasteiger partial charge on any atom is -0.381 e. The number of hydrogen-bond acceptors (Lipinski definition) is 5. The minimum atomic E-state index is -3.02. The molecule has 0 aliphatic carbocycles. The van der Waals surface area contributed by atoms with Crippen LogP contribution in [0.25, 0.3) is 0 Å². The van der Waals surface area contributed by atoms with Crippen LogP contribution in [-0.2, 0) is 22.1 Å². The van der Waals surface area contributed by atoms with Gasteiger partial charge in [-0.15, -0.1) is 0 Å². The third kappa shape index (κ3) is 5.66. The lowest BCUT2D eigenvalue weighted by Crippen LogP contribution is -2.23. The fourth-order valence-electron chi connectivity index (χ4n) is 2.18. The van der Waals surface area contributed by atoms with Crippen LogP contribution in [0.4, 0.5) is 5.69 Å². The van der Waals surface area contributed by atoms with Gasteiger partial charge in [0.2, 0.25) is 0 Å². The fourth-order valence-corrected chi connectivity index (χ4v) is 2.97. The highest BCUT2D eigenvalue weighted by Crippen LogP contribution is 2.12. The number of benzene rings is 1. The molecule has 2 N–H and O–H groups in total. The van der Waals surface area contributed by atoms with E-state index in [2.05, 4.69) is 15.6 Å². The molecule has 0 bridgehead atoms. The van der Waals surface area contributed by atoms with Gasteiger partial charge in [0.15, 0.2) is 9.84 Å². The zero-order valence-electron chi connectivity index (χ0n) is 13.7. The SMILES string of the molecule is CCNC(=O)c1cc(NCc2ccc(CS(C)(=O)=O)cc2)ccn1. The van der Waals surface area contributed by atoms with E-state index >= 15 is 0 Å². The van der Waals surface area contributed by atoms with Gasteiger partial charge in [-0.2, -0.15) is 0 Å². The molecule has 128 valence electrons. The molecule has 0 atom stereocenters. The molecule has 0 saturated heterocycles. The molecule has 0 saturated carbocycles. The first-order chi connectivity index (χ1) is 11.4. The van der Waals surface area contributed by atoms with Crippen molar-refractivity contribution in [1.29, 1.82) is 0 Å². The number of anilines is 1. The third-order valence-electron chi connectivity index (χ3n) is 3.28. The second-order valence-electron chi connectivity index (χ2n) is 5.53. The minimum absolute atomic E-state index is 0.0426. The first-order valence-electron chi connectivity index (χ1n) is 7.61. The van der Waals surface area contributed by atoms with Gasteiger partial charge < -0.3 is 10.6 Å². The molecular formula is C17H21N3O3S. The van der Waals surface area contributed by atoms with Gasteiger partial charge in [0.05, 0.1) is 5.75 Å². The van der Waals surface area contributed by atoms with Crippen molar-refractivity contribution >= 4 is 21.4 Å². The predicted octanol–water partition coefficient (Wildman–Crippen LogP) is 1.99. The number of nitrogens with zero attached hydrogens (tertiary/aromatic N) is 1. The molecule has 24 heavy (non-hydrogen) atoms. The van der Waals surface area contributed by atoms with Gasteiger partial charge in [0.1, 0.15) is 5.69 Å². The molecule has 7 heteroatoms. The van der Waals surface area contributed by atoms with Crippen LogP contribution in [0.2, 0.25) is 0 Å². The van der Waals surface area contributed by atoms with Crippen LogP contribution < -0.4 is 10.6 Å². The van der Waals surface area contributed by atoms with E-state index in [0.717, 1.165) is 16.8 Å². The maximum atomic E-state index is 11.8. The molecule has 1 aromatic heterocycles. The Hall–Kier alpha value is -2.41. The summed E-state index contributed by atoms with van der Waals surface area (Å²) in [6.45, 7) is 2.98. The second kappa shape index (κ2) is 7.92. The third-order valence-corrected chi connectivity index (χ3v) is 4.14. The highest BCUT2D eigenvalue weighted by Gasteiger charge is 2.07. The van der Waals surface area contributed by atoms with Gasteiger partial charge >= 0.3 is 0 Å². The Kier molecular flexibility index (Phi) is 5.92. The highest BCUT2D eigenvalue weighted by atomic mass is 32.2. The summed E-state index contributed by atoms with van der Waals surface area (Å²) < 4.78 is 22.6. The molecule has 1 heterocycles. The van der Waals surface area contributed by atoms with Crippen molar-refractivity contribution in [2.24, 2.45) is 0 Å². The lowest BCUT2D eigenvalue weighted by atomic mass is 10.1. The lowest BCUT2D eigenvalue weighted by Gasteiger charge is -2.09. The second-order valence-corrected chi connectivity index (χ2v) is 7.67. The van der Waals surface area contributed by atoms with Crippen molar-refractivity contribution in [2.75, 3.05) is 18.1 Å². The van der Waals surface area contributed by atoms with Gasteiger partial charge in [-0.1, -0.05) is 24.3 Å². The first-order valence-corrected chi connectivity index (χ1v) is 9.67. The molecule has 0 radical (unpaired) electrons. The molecule has 0 aliphatic heterocycles. The fraction of sp³-hybridized carbons (Fsp3) is 0.294. The summed E-state index contributed by atoms with van der Waals surface area (Å²) in [6, 6.07) is 10.9. The summed E-state index contributed by atoms with van der Waals surface area (Å²) in [7, 11) is -3.02. The number of carbonyl (C=O) groups excluding carboxylic acids is 1. The van der Waals surface area contributed by atoms with E-state index in [-0.39, 0.29) is 11.7 Å². The molecule has 2 aromatic rings. The Balaban J connectivity index is 1.98. The average Bonchev–Trinajstić information content (AvgIpc) is 2.53. The Morgan fingerprint density at radius 1 is 1.12 bits per heavy atom. The molecule has 6 nitrogen and oxygen atoms in total. The molecule has 1 aromatic carbocycles. The van der Waals surface area contributed by atoms with E-state index in [1.807, 2.05) is 31.2 Å². The van der Waals surface area contributed by atoms with Crippen LogP contribution in [0.3, 0.4) is 0 Å². The molecular weight excluding hydrogens is 326 g/mol. The van der Waals surface area contributed by atoms with E-state index in [4.69, 9.17) is 0 Å². The zero-order chi connectivity index (χ0) is 17.6. The Morgan fingerprint density at radius 2 is 1.79 bits per heavy atom. The Bertz CT molecular complexity index is 802. The van der Waals surface area contributed by atoms with Crippen LogP contribution in [0.5, 0.6) is 0 Å². The van der Waals surface area contributed by atoms with Gasteiger partial charge in [0, 0.05) is 31.2 Å². The smallest absolute Gasteiger partial charge is 0.269 e. The van der Waals surface area contributed by atoms with Crippen LogP contribution in [-0.4, -0.2) is 32.1 Å². The van der Waals surface area contributed by atoms with Gasteiger partial charge in [-0.3, -0.25) is 9.78 Å². The van der Waals surface area contributed by atoms with Gasteiger partial charge in [-0.25, -0.2) is 8.42 Å². The molecule has 0 spiro atoms. The summed E-state index contributed by atoms with van der Waals surface area (Å²) in [5.41, 5.74) is 2.95. The number of carbonyl (C=O) groups is 1. The average molecular weight is 347 g/mol. The van der Waals surface area contributed by atoms with Crippen molar-refractivity contribution in [3.63, 3.8) is 0 Å². The largest absolute Gasteiger partial charge is 0.381 e. The van der Waals surface area contributed by atoms with Crippen LogP contribution >= 0.6 is 0 Å². The maximum Gasteiger partial charge on any atom is 0.269 e. The van der Waals surface area contributed by atoms with Crippen LogP contribution in [0.15, 0.2) is 42.6 Å². The van der Waals surface area contributed by atoms with Crippen molar-refractivity contribution in [3.8, 4) is 0 Å². The number of rotatable bonds is 7. The van der Waals surface area contributed by atoms with E-state index in [9.17, 15) is 13.2 Å². The van der Waals surface area contributed by atoms with E-state index in [1.165, 1.54) is 6.26 Å². The van der Waals surface area contributed by atoms with Gasteiger partial charge in [0.25, 0.3) is 5.91 Å². The molecule has 0 aliphatic rings. The molecule has 0 fully saturated rings. The summed E-state index contributed by atoms with van der Waals surface area (Å²) in [5.74, 6) is -0.160. The number of hydrogen-bond donors (Lipinski definition) is 2. The van der Waals surface area contributed by atoms with Crippen LogP contribution in [0.1, 0.15) is 28.5 Å². The monoisotopic (exact) mass is 347 g/mol. The maximum absolute atomic E-state index is 11.8. The highest BCUT2D eigenvalue weighted by molar-refractivity contribution is 7.89. The first kappa shape index (κ1) is 17.9. The topological polar surface area (TPSA) is 88.2 Å². The lowest BCUT2D eigenvalue weighted by molar-refractivity contribution is 0.0951. The number of nitrogens with one attached hydrogen (secondary N) is 2. The quantitative estimate of drug-likeness (QED) is 0.800. The summed E-state index contributed by atoms with van der Waals surface area (Å²) >= 11 is 0. The van der Waals surface area contributed by atoms with Crippen molar-refractivity contribution in [3.05, 3.63) is 59.4 Å². The van der Waals surface area contributed by atoms with E-state index < -0.39 is 9.84 Å². The van der Waals surface area contributed by atoms with E-state index in [0.29, 0.717) is 18.8 Å². The Labute approximate surface area is 142 Å². The van der Waals surface area contributed by atoms with Crippen LogP contribution in [0, 0.1) is 0 Å². The van der Waals surface area contributed by atoms with Crippen molar-refractivity contribution in [1.82, 2.24) is 10.3 Å². The van der Waals surface area contributed by atoms with Crippen molar-refractivity contribution in [2.45, 2.75) is 19.2 Å². The summed E-state index contributed by atoms with van der Waals surface area (Å²) in [6.07, 6.45) is 2.81. The van der Waals surface area contributed by atoms with E-state index in [1.54, 1.807) is 18.3 Å². The van der Waals surface area contributed by atoms with Crippen molar-refractivity contribution < 1.29 is 13.2 Å². The molecule has 1 amide bonds. The summed E-state index contributed by atoms with van der Waals surface area (Å²) in [4.78, 5) is 15.8. The van der Waals surface area contributed by atoms with Gasteiger partial charge in [-0.05, 0) is 30.2 Å². The predicted molar refractivity (Wildman–Crippen MR) is 94.6 cm³/mol. The number of amides is 1. The number of pyridine rings is 1. The molecule has 0 unspecified atom stereocenters. The number of aromatic nitrogens is 1. The normalized spacial score (nSPS) is 11.1. The Morgan fingerprint density at radius 3 is 2.42 bits per heavy atom. The molecule has 2 rings (SSSR count). The standard InChI is InChI=1S/C17H21N3O3S/c1-3-18-17(21)16-10-15(8-9-19-16)20-11-13-4-6-14(7-5-13)12-24(2,22)23/h4-10H,3,11-12H2,1-2H3,(H,18,21)(H,19,20). The zero-order valence-corrected chi connectivity index (χ0v) is 14.6.